The number of benzene rings is 4. The molecule has 4 aromatic carbocycles. The fourth-order valence-electron chi connectivity index (χ4n) is 6.99. The number of pyridine rings is 2. The zero-order valence-corrected chi connectivity index (χ0v) is 29.7. The van der Waals surface area contributed by atoms with Crippen LogP contribution in [0, 0.1) is 20.8 Å². The molecule has 0 unspecified atom stereocenters. The van der Waals surface area contributed by atoms with Crippen molar-refractivity contribution in [2.24, 2.45) is 0 Å². The van der Waals surface area contributed by atoms with Crippen LogP contribution in [0.5, 0.6) is 0 Å². The minimum Gasteiger partial charge on any atom is -0.353 e. The van der Waals surface area contributed by atoms with Crippen molar-refractivity contribution in [3.8, 4) is 44.8 Å². The van der Waals surface area contributed by atoms with Crippen LogP contribution in [0.1, 0.15) is 69.5 Å². The smallest absolute Gasteiger partial charge is 0.0723 e. The number of fused-ring (bicyclic) bond motifs is 3. The Bertz CT molecular complexity index is 2310. The highest BCUT2D eigenvalue weighted by atomic mass is 14.7. The number of aryl methyl sites for hydroxylation is 3. The van der Waals surface area contributed by atoms with Gasteiger partial charge >= 0.3 is 0 Å². The van der Waals surface area contributed by atoms with E-state index in [1.807, 2.05) is 12.3 Å². The van der Waals surface area contributed by atoms with Crippen molar-refractivity contribution in [3.05, 3.63) is 131 Å². The van der Waals surface area contributed by atoms with E-state index >= 15 is 0 Å². The molecule has 0 aliphatic rings. The summed E-state index contributed by atoms with van der Waals surface area (Å²) in [6.45, 7) is 20.2. The van der Waals surface area contributed by atoms with Gasteiger partial charge in [0.25, 0.3) is 0 Å². The first-order chi connectivity index (χ1) is 22.8. The first-order valence-corrected chi connectivity index (χ1v) is 17.0. The van der Waals surface area contributed by atoms with Gasteiger partial charge in [0, 0.05) is 44.9 Å². The summed E-state index contributed by atoms with van der Waals surface area (Å²) in [4.78, 5) is 13.9. The number of nitrogens with zero attached hydrogens (tertiary/aromatic N) is 2. The van der Waals surface area contributed by atoms with Gasteiger partial charge in [-0.1, -0.05) is 90.1 Å². The second-order valence-corrected chi connectivity index (χ2v) is 15.4. The third-order valence-corrected chi connectivity index (χ3v) is 9.80. The Balaban J connectivity index is 1.44. The second kappa shape index (κ2) is 11.6. The third kappa shape index (κ3) is 5.62. The molecule has 0 saturated carbocycles. The molecule has 0 bridgehead atoms. The molecular formula is C45H45N3. The van der Waals surface area contributed by atoms with Crippen LogP contribution in [-0.4, -0.2) is 15.0 Å². The van der Waals surface area contributed by atoms with Crippen LogP contribution in [0.25, 0.3) is 66.6 Å². The van der Waals surface area contributed by atoms with Crippen LogP contribution in [0.4, 0.5) is 0 Å². The number of H-pyrrole nitrogens is 1. The van der Waals surface area contributed by atoms with Crippen LogP contribution < -0.4 is 0 Å². The van der Waals surface area contributed by atoms with Gasteiger partial charge in [-0.25, -0.2) is 0 Å². The Labute approximate surface area is 285 Å². The number of rotatable bonds is 4. The van der Waals surface area contributed by atoms with Gasteiger partial charge in [-0.3, -0.25) is 9.97 Å². The van der Waals surface area contributed by atoms with Crippen LogP contribution in [0.15, 0.2) is 103 Å². The minimum absolute atomic E-state index is 0.0152. The summed E-state index contributed by atoms with van der Waals surface area (Å²) in [5.41, 5.74) is 17.5. The van der Waals surface area contributed by atoms with Gasteiger partial charge < -0.3 is 4.98 Å². The molecule has 48 heavy (non-hydrogen) atoms. The molecule has 240 valence electrons. The summed E-state index contributed by atoms with van der Waals surface area (Å²) in [7, 11) is 0. The van der Waals surface area contributed by atoms with Crippen molar-refractivity contribution in [3.63, 3.8) is 0 Å². The first kappa shape index (κ1) is 31.6. The van der Waals surface area contributed by atoms with Crippen molar-refractivity contribution in [1.29, 1.82) is 0 Å². The number of nitrogens with one attached hydrogen (secondary N) is 1. The lowest BCUT2D eigenvalue weighted by molar-refractivity contribution is 0.590. The second-order valence-electron chi connectivity index (χ2n) is 15.4. The molecule has 3 heteroatoms. The summed E-state index contributed by atoms with van der Waals surface area (Å²) < 4.78 is 0. The van der Waals surface area contributed by atoms with E-state index in [2.05, 4.69) is 158 Å². The zero-order valence-electron chi connectivity index (χ0n) is 29.7. The summed E-state index contributed by atoms with van der Waals surface area (Å²) in [6, 6.07) is 35.4. The molecule has 0 aliphatic carbocycles. The summed E-state index contributed by atoms with van der Waals surface area (Å²) >= 11 is 0. The molecular weight excluding hydrogens is 583 g/mol. The molecule has 0 fully saturated rings. The number of aromatic amines is 1. The van der Waals surface area contributed by atoms with E-state index in [-0.39, 0.29) is 10.8 Å². The zero-order chi connectivity index (χ0) is 34.0. The van der Waals surface area contributed by atoms with E-state index in [4.69, 9.17) is 9.97 Å². The lowest BCUT2D eigenvalue weighted by Crippen LogP contribution is -2.11. The maximum atomic E-state index is 5.15. The Morgan fingerprint density at radius 1 is 0.521 bits per heavy atom. The van der Waals surface area contributed by atoms with Gasteiger partial charge in [0.2, 0.25) is 0 Å². The molecule has 0 spiro atoms. The van der Waals surface area contributed by atoms with Crippen LogP contribution in [-0.2, 0) is 10.8 Å². The largest absolute Gasteiger partial charge is 0.353 e. The monoisotopic (exact) mass is 627 g/mol. The topological polar surface area (TPSA) is 41.6 Å². The van der Waals surface area contributed by atoms with Gasteiger partial charge in [-0.05, 0) is 114 Å². The molecule has 0 aliphatic heterocycles. The normalized spacial score (nSPS) is 12.3. The van der Waals surface area contributed by atoms with E-state index < -0.39 is 0 Å². The molecule has 7 aromatic rings. The summed E-state index contributed by atoms with van der Waals surface area (Å²) in [5, 5.41) is 2.48. The average Bonchev–Trinajstić information content (AvgIpc) is 3.43. The summed E-state index contributed by atoms with van der Waals surface area (Å²) in [6.07, 6.45) is 1.88. The fraction of sp³-hybridized carbons (Fsp3) is 0.244. The molecule has 0 amide bonds. The summed E-state index contributed by atoms with van der Waals surface area (Å²) in [5.74, 6) is 0. The first-order valence-electron chi connectivity index (χ1n) is 17.0. The Kier molecular flexibility index (Phi) is 7.63. The molecule has 7 rings (SSSR count). The third-order valence-electron chi connectivity index (χ3n) is 9.80. The number of aromatic nitrogens is 3. The van der Waals surface area contributed by atoms with E-state index in [1.165, 1.54) is 55.3 Å². The quantitative estimate of drug-likeness (QED) is 0.211. The van der Waals surface area contributed by atoms with E-state index in [9.17, 15) is 0 Å². The molecule has 3 aromatic heterocycles. The molecule has 1 N–H and O–H groups in total. The average molecular weight is 628 g/mol. The highest BCUT2D eigenvalue weighted by Crippen LogP contribution is 2.43. The van der Waals surface area contributed by atoms with Crippen molar-refractivity contribution < 1.29 is 0 Å². The van der Waals surface area contributed by atoms with E-state index in [1.54, 1.807) is 0 Å². The maximum absolute atomic E-state index is 5.15. The fourth-order valence-corrected chi connectivity index (χ4v) is 6.99. The van der Waals surface area contributed by atoms with Crippen LogP contribution in [0.2, 0.25) is 0 Å². The van der Waals surface area contributed by atoms with Gasteiger partial charge in [-0.2, -0.15) is 0 Å². The maximum Gasteiger partial charge on any atom is 0.0723 e. The Morgan fingerprint density at radius 2 is 1.12 bits per heavy atom. The molecule has 3 heterocycles. The number of hydrogen-bond donors (Lipinski definition) is 1. The standard InChI is InChI=1S/C45H45N3/c1-27-14-12-15-28(2)41(27)34-19-20-39(47-29(34)3)31-17-13-16-30(22-31)35-23-32(44(4,5)6)24-36-37-25-33(45(7,8)9)26-38(43(37)48-42(35)36)40-18-10-11-21-46-40/h10-26,48H,1-9H3. The van der Waals surface area contributed by atoms with Crippen molar-refractivity contribution >= 4 is 21.8 Å². The van der Waals surface area contributed by atoms with Gasteiger partial charge in [0.05, 0.1) is 22.4 Å². The SMILES string of the molecule is Cc1cccc(C)c1-c1ccc(-c2cccc(-c3cc(C(C)(C)C)cc4c3[nH]c3c(-c5ccccn5)cc(C(C)(C)C)cc34)c2)nc1C. The van der Waals surface area contributed by atoms with Crippen molar-refractivity contribution in [2.75, 3.05) is 0 Å². The molecule has 3 nitrogen and oxygen atoms in total. The van der Waals surface area contributed by atoms with Crippen molar-refractivity contribution in [1.82, 2.24) is 15.0 Å². The molecule has 0 saturated heterocycles. The lowest BCUT2D eigenvalue weighted by atomic mass is 9.82. The van der Waals surface area contributed by atoms with Crippen LogP contribution >= 0.6 is 0 Å². The highest BCUT2D eigenvalue weighted by molar-refractivity contribution is 6.16. The van der Waals surface area contributed by atoms with Gasteiger partial charge in [-0.15, -0.1) is 0 Å². The Hall–Kier alpha value is -5.02. The van der Waals surface area contributed by atoms with Crippen molar-refractivity contribution in [2.45, 2.75) is 73.1 Å². The predicted octanol–water partition coefficient (Wildman–Crippen LogP) is 12.3. The van der Waals surface area contributed by atoms with E-state index in [0.717, 1.165) is 39.2 Å². The van der Waals surface area contributed by atoms with Crippen LogP contribution in [0.3, 0.4) is 0 Å². The molecule has 0 atom stereocenters. The number of hydrogen-bond acceptors (Lipinski definition) is 2. The molecule has 0 radical (unpaired) electrons. The highest BCUT2D eigenvalue weighted by Gasteiger charge is 2.23. The minimum atomic E-state index is -0.0300. The van der Waals surface area contributed by atoms with E-state index in [0.29, 0.717) is 0 Å². The van der Waals surface area contributed by atoms with Gasteiger partial charge in [0.1, 0.15) is 0 Å². The lowest BCUT2D eigenvalue weighted by Gasteiger charge is -2.22. The van der Waals surface area contributed by atoms with Gasteiger partial charge in [0.15, 0.2) is 0 Å². The Morgan fingerprint density at radius 3 is 1.73 bits per heavy atom. The predicted molar refractivity (Wildman–Crippen MR) is 205 cm³/mol.